The van der Waals surface area contributed by atoms with Crippen LogP contribution in [0.25, 0.3) is 0 Å². The summed E-state index contributed by atoms with van der Waals surface area (Å²) in [7, 11) is -2.44. The minimum absolute atomic E-state index is 0.209. The maximum absolute atomic E-state index is 10.3. The highest BCUT2D eigenvalue weighted by molar-refractivity contribution is 8.49. The van der Waals surface area contributed by atoms with Gasteiger partial charge in [-0.1, -0.05) is 23.5 Å². The van der Waals surface area contributed by atoms with Gasteiger partial charge in [-0.3, -0.25) is 4.57 Å². The fourth-order valence-corrected chi connectivity index (χ4v) is 2.09. The van der Waals surface area contributed by atoms with Gasteiger partial charge in [-0.2, -0.15) is 0 Å². The standard InChI is InChI=1S/C7H9O3PS/c8-7-3-1-6(2-4-7)5-12-11(9)10/h1-4,8,11H,5H2,(H,9,10). The van der Waals surface area contributed by atoms with Gasteiger partial charge in [0.15, 0.2) is 0 Å². The first-order chi connectivity index (χ1) is 5.68. The molecule has 1 atom stereocenters. The van der Waals surface area contributed by atoms with E-state index >= 15 is 0 Å². The molecule has 5 heteroatoms. The lowest BCUT2D eigenvalue weighted by atomic mass is 10.2. The van der Waals surface area contributed by atoms with Gasteiger partial charge in [0, 0.05) is 5.75 Å². The van der Waals surface area contributed by atoms with Crippen LogP contribution in [0.2, 0.25) is 0 Å². The highest BCUT2D eigenvalue weighted by atomic mass is 32.7. The van der Waals surface area contributed by atoms with Gasteiger partial charge >= 0.3 is 0 Å². The Hall–Kier alpha value is -0.440. The van der Waals surface area contributed by atoms with Gasteiger partial charge in [0.1, 0.15) is 5.75 Å². The Balaban J connectivity index is 2.53. The summed E-state index contributed by atoms with van der Waals surface area (Å²) in [4.78, 5) is 8.53. The first-order valence-electron chi connectivity index (χ1n) is 3.32. The third-order valence-corrected chi connectivity index (χ3v) is 3.20. The van der Waals surface area contributed by atoms with E-state index in [1.807, 2.05) is 0 Å². The smallest absolute Gasteiger partial charge is 0.244 e. The summed E-state index contributed by atoms with van der Waals surface area (Å²) < 4.78 is 10.3. The van der Waals surface area contributed by atoms with Crippen molar-refractivity contribution in [2.75, 3.05) is 0 Å². The maximum atomic E-state index is 10.3. The van der Waals surface area contributed by atoms with E-state index in [1.54, 1.807) is 24.3 Å². The number of phenols is 1. The first-order valence-corrected chi connectivity index (χ1v) is 6.38. The zero-order valence-electron chi connectivity index (χ0n) is 6.23. The van der Waals surface area contributed by atoms with E-state index in [9.17, 15) is 4.57 Å². The summed E-state index contributed by atoms with van der Waals surface area (Å²) in [6.45, 7) is 0. The molecule has 1 unspecified atom stereocenters. The molecule has 0 aliphatic carbocycles. The van der Waals surface area contributed by atoms with E-state index in [-0.39, 0.29) is 5.75 Å². The van der Waals surface area contributed by atoms with Crippen molar-refractivity contribution in [3.05, 3.63) is 29.8 Å². The fraction of sp³-hybridized carbons (Fsp3) is 0.143. The topological polar surface area (TPSA) is 57.5 Å². The van der Waals surface area contributed by atoms with E-state index in [0.29, 0.717) is 5.75 Å². The molecule has 0 aromatic heterocycles. The summed E-state index contributed by atoms with van der Waals surface area (Å²) in [5, 5.41) is 8.92. The van der Waals surface area contributed by atoms with Crippen molar-refractivity contribution in [3.63, 3.8) is 0 Å². The Morgan fingerprint density at radius 3 is 2.42 bits per heavy atom. The van der Waals surface area contributed by atoms with Crippen LogP contribution in [0.15, 0.2) is 24.3 Å². The second-order valence-corrected chi connectivity index (χ2v) is 5.24. The lowest BCUT2D eigenvalue weighted by Crippen LogP contribution is -1.76. The van der Waals surface area contributed by atoms with Gasteiger partial charge in [-0.15, -0.1) is 0 Å². The lowest BCUT2D eigenvalue weighted by Gasteiger charge is -1.98. The molecule has 0 aliphatic rings. The number of hydrogen-bond donors (Lipinski definition) is 2. The quantitative estimate of drug-likeness (QED) is 0.739. The largest absolute Gasteiger partial charge is 0.508 e. The van der Waals surface area contributed by atoms with Crippen molar-refractivity contribution in [1.29, 1.82) is 0 Å². The first kappa shape index (κ1) is 9.65. The molecular formula is C7H9O3PS. The molecular weight excluding hydrogens is 195 g/mol. The van der Waals surface area contributed by atoms with Crippen molar-refractivity contribution in [2.45, 2.75) is 5.75 Å². The molecule has 0 saturated carbocycles. The summed E-state index contributed by atoms with van der Waals surface area (Å²) in [6, 6.07) is 6.58. The fourth-order valence-electron chi connectivity index (χ4n) is 0.737. The molecule has 0 radical (unpaired) electrons. The van der Waals surface area contributed by atoms with E-state index in [2.05, 4.69) is 0 Å². The third kappa shape index (κ3) is 3.30. The van der Waals surface area contributed by atoms with Crippen LogP contribution in [0.1, 0.15) is 5.56 Å². The van der Waals surface area contributed by atoms with Gasteiger partial charge in [-0.05, 0) is 17.7 Å². The Labute approximate surface area is 75.0 Å². The monoisotopic (exact) mass is 204 g/mol. The second kappa shape index (κ2) is 4.55. The number of benzene rings is 1. The maximum Gasteiger partial charge on any atom is 0.244 e. The van der Waals surface area contributed by atoms with E-state index in [0.717, 1.165) is 16.9 Å². The van der Waals surface area contributed by atoms with Crippen molar-refractivity contribution in [3.8, 4) is 5.75 Å². The molecule has 1 aromatic carbocycles. The number of hydrogen-bond acceptors (Lipinski definition) is 3. The minimum atomic E-state index is -2.44. The second-order valence-electron chi connectivity index (χ2n) is 2.22. The van der Waals surface area contributed by atoms with Gasteiger partial charge in [0.25, 0.3) is 0 Å². The number of rotatable bonds is 3. The van der Waals surface area contributed by atoms with Gasteiger partial charge in [-0.25, -0.2) is 0 Å². The van der Waals surface area contributed by atoms with Crippen molar-refractivity contribution >= 4 is 18.6 Å². The average Bonchev–Trinajstić information content (AvgIpc) is 2.03. The predicted octanol–water partition coefficient (Wildman–Crippen LogP) is 2.01. The highest BCUT2D eigenvalue weighted by Crippen LogP contribution is 2.35. The van der Waals surface area contributed by atoms with Crippen LogP contribution >= 0.6 is 18.6 Å². The van der Waals surface area contributed by atoms with E-state index in [4.69, 9.17) is 10.00 Å². The van der Waals surface area contributed by atoms with Gasteiger partial charge in [0.2, 0.25) is 7.23 Å². The van der Waals surface area contributed by atoms with Crippen LogP contribution < -0.4 is 0 Å². The molecule has 2 N–H and O–H groups in total. The summed E-state index contributed by atoms with van der Waals surface area (Å²) >= 11 is 1.01. The Morgan fingerprint density at radius 1 is 1.33 bits per heavy atom. The van der Waals surface area contributed by atoms with Crippen LogP contribution in [-0.2, 0) is 10.3 Å². The molecule has 66 valence electrons. The molecule has 1 rings (SSSR count). The molecule has 0 amide bonds. The summed E-state index contributed by atoms with van der Waals surface area (Å²) in [5.74, 6) is 0.717. The zero-order chi connectivity index (χ0) is 8.97. The molecule has 1 aromatic rings. The Kier molecular flexibility index (Phi) is 3.66. The summed E-state index contributed by atoms with van der Waals surface area (Å²) in [6.07, 6.45) is 0. The van der Waals surface area contributed by atoms with Crippen molar-refractivity contribution < 1.29 is 14.6 Å². The Bertz CT molecular complexity index is 272. The number of aromatic hydroxyl groups is 1. The van der Waals surface area contributed by atoms with Crippen molar-refractivity contribution in [2.24, 2.45) is 0 Å². The minimum Gasteiger partial charge on any atom is -0.508 e. The molecule has 3 nitrogen and oxygen atoms in total. The molecule has 0 spiro atoms. The molecule has 0 bridgehead atoms. The molecule has 0 fully saturated rings. The van der Waals surface area contributed by atoms with E-state index in [1.165, 1.54) is 0 Å². The SMILES string of the molecule is O=[PH](O)SCc1ccc(O)cc1. The number of phenolic OH excluding ortho intramolecular Hbond substituents is 1. The van der Waals surface area contributed by atoms with Gasteiger partial charge < -0.3 is 10.00 Å². The van der Waals surface area contributed by atoms with Crippen LogP contribution in [-0.4, -0.2) is 10.00 Å². The zero-order valence-corrected chi connectivity index (χ0v) is 8.04. The third-order valence-electron chi connectivity index (χ3n) is 1.30. The average molecular weight is 204 g/mol. The van der Waals surface area contributed by atoms with Crippen LogP contribution in [0.3, 0.4) is 0 Å². The van der Waals surface area contributed by atoms with Crippen LogP contribution in [0, 0.1) is 0 Å². The van der Waals surface area contributed by atoms with Crippen molar-refractivity contribution in [1.82, 2.24) is 0 Å². The van der Waals surface area contributed by atoms with Crippen LogP contribution in [0.5, 0.6) is 5.75 Å². The highest BCUT2D eigenvalue weighted by Gasteiger charge is 1.96. The molecule has 0 aliphatic heterocycles. The van der Waals surface area contributed by atoms with Gasteiger partial charge in [0.05, 0.1) is 0 Å². The lowest BCUT2D eigenvalue weighted by molar-refractivity contribution is 0.475. The van der Waals surface area contributed by atoms with Crippen LogP contribution in [0.4, 0.5) is 0 Å². The molecule has 0 saturated heterocycles. The molecule has 12 heavy (non-hydrogen) atoms. The molecule has 0 heterocycles. The Morgan fingerprint density at radius 2 is 1.92 bits per heavy atom. The van der Waals surface area contributed by atoms with E-state index < -0.39 is 7.23 Å². The predicted molar refractivity (Wildman–Crippen MR) is 50.6 cm³/mol. The summed E-state index contributed by atoms with van der Waals surface area (Å²) in [5.41, 5.74) is 0.935. The normalized spacial score (nSPS) is 12.8.